The first-order chi connectivity index (χ1) is 7.62. The molecule has 5 heteroatoms. The van der Waals surface area contributed by atoms with Crippen LogP contribution in [-0.4, -0.2) is 19.3 Å². The molecule has 4 nitrogen and oxygen atoms in total. The molecule has 1 aliphatic heterocycles. The molecule has 0 saturated heterocycles. The number of rotatable bonds is 2. The van der Waals surface area contributed by atoms with Crippen LogP contribution in [0.5, 0.6) is 0 Å². The SMILES string of the molecule is N#Cc1cccc(CN2CC=CS2(=O)=O)c1. The Labute approximate surface area is 94.5 Å². The zero-order valence-electron chi connectivity index (χ0n) is 8.50. The van der Waals surface area contributed by atoms with Gasteiger partial charge in [-0.25, -0.2) is 8.42 Å². The van der Waals surface area contributed by atoms with Gasteiger partial charge >= 0.3 is 0 Å². The van der Waals surface area contributed by atoms with Crippen LogP contribution in [0, 0.1) is 11.3 Å². The summed E-state index contributed by atoms with van der Waals surface area (Å²) in [4.78, 5) is 0. The summed E-state index contributed by atoms with van der Waals surface area (Å²) in [5.41, 5.74) is 1.37. The fourth-order valence-electron chi connectivity index (χ4n) is 1.57. The van der Waals surface area contributed by atoms with Crippen LogP contribution in [0.15, 0.2) is 35.7 Å². The van der Waals surface area contributed by atoms with E-state index < -0.39 is 10.0 Å². The average molecular weight is 234 g/mol. The lowest BCUT2D eigenvalue weighted by Gasteiger charge is -2.14. The summed E-state index contributed by atoms with van der Waals surface area (Å²) >= 11 is 0. The molecule has 1 aromatic rings. The van der Waals surface area contributed by atoms with Gasteiger partial charge in [0.25, 0.3) is 0 Å². The largest absolute Gasteiger partial charge is 0.236 e. The second-order valence-corrected chi connectivity index (χ2v) is 5.34. The number of sulfonamides is 1. The zero-order chi connectivity index (χ0) is 11.6. The van der Waals surface area contributed by atoms with Crippen LogP contribution in [0.4, 0.5) is 0 Å². The van der Waals surface area contributed by atoms with E-state index in [-0.39, 0.29) is 0 Å². The molecule has 0 amide bonds. The molecular weight excluding hydrogens is 224 g/mol. The molecule has 1 heterocycles. The molecule has 0 bridgehead atoms. The van der Waals surface area contributed by atoms with Gasteiger partial charge in [-0.1, -0.05) is 18.2 Å². The summed E-state index contributed by atoms with van der Waals surface area (Å²) in [7, 11) is -3.23. The number of hydrogen-bond donors (Lipinski definition) is 0. The van der Waals surface area contributed by atoms with Crippen molar-refractivity contribution in [3.8, 4) is 6.07 Å². The second kappa shape index (κ2) is 4.08. The van der Waals surface area contributed by atoms with Crippen molar-refractivity contribution >= 4 is 10.0 Å². The van der Waals surface area contributed by atoms with Crippen molar-refractivity contribution in [1.82, 2.24) is 4.31 Å². The summed E-state index contributed by atoms with van der Waals surface area (Å²) in [6.07, 6.45) is 1.61. The lowest BCUT2D eigenvalue weighted by atomic mass is 10.1. The maximum absolute atomic E-state index is 11.5. The Kier molecular flexibility index (Phi) is 2.77. The van der Waals surface area contributed by atoms with Crippen molar-refractivity contribution < 1.29 is 8.42 Å². The van der Waals surface area contributed by atoms with Crippen molar-refractivity contribution in [3.63, 3.8) is 0 Å². The lowest BCUT2D eigenvalue weighted by Crippen LogP contribution is -2.24. The third-order valence-electron chi connectivity index (χ3n) is 2.35. The Balaban J connectivity index is 2.20. The highest BCUT2D eigenvalue weighted by atomic mass is 32.2. The molecule has 0 aromatic heterocycles. The topological polar surface area (TPSA) is 61.2 Å². The van der Waals surface area contributed by atoms with Gasteiger partial charge in [0.15, 0.2) is 0 Å². The van der Waals surface area contributed by atoms with Crippen LogP contribution < -0.4 is 0 Å². The quantitative estimate of drug-likeness (QED) is 0.773. The maximum Gasteiger partial charge on any atom is 0.236 e. The van der Waals surface area contributed by atoms with Gasteiger partial charge in [-0.2, -0.15) is 9.57 Å². The summed E-state index contributed by atoms with van der Waals surface area (Å²) < 4.78 is 24.4. The lowest BCUT2D eigenvalue weighted by molar-refractivity contribution is 0.455. The van der Waals surface area contributed by atoms with E-state index in [4.69, 9.17) is 5.26 Å². The molecule has 0 spiro atoms. The molecule has 0 unspecified atom stereocenters. The molecule has 1 aliphatic rings. The molecule has 1 aromatic carbocycles. The van der Waals surface area contributed by atoms with Crippen molar-refractivity contribution in [2.45, 2.75) is 6.54 Å². The second-order valence-electron chi connectivity index (χ2n) is 3.52. The summed E-state index contributed by atoms with van der Waals surface area (Å²) in [5, 5.41) is 9.94. The predicted octanol–water partition coefficient (Wildman–Crippen LogP) is 1.22. The van der Waals surface area contributed by atoms with Crippen molar-refractivity contribution in [2.24, 2.45) is 0 Å². The van der Waals surface area contributed by atoms with E-state index in [0.29, 0.717) is 18.7 Å². The van der Waals surface area contributed by atoms with Crippen molar-refractivity contribution in [3.05, 3.63) is 46.9 Å². The number of nitriles is 1. The standard InChI is InChI=1S/C11H10N2O2S/c12-8-10-3-1-4-11(7-10)9-13-5-2-6-16(13,14)15/h1-4,6-7H,5,9H2. The molecular formula is C11H10N2O2S. The summed E-state index contributed by atoms with van der Waals surface area (Å²) in [6, 6.07) is 8.99. The minimum absolute atomic E-state index is 0.310. The first-order valence-electron chi connectivity index (χ1n) is 4.77. The Morgan fingerprint density at radius 1 is 1.44 bits per heavy atom. The van der Waals surface area contributed by atoms with Crippen molar-refractivity contribution in [1.29, 1.82) is 5.26 Å². The Bertz CT molecular complexity index is 570. The van der Waals surface area contributed by atoms with E-state index in [0.717, 1.165) is 5.56 Å². The van der Waals surface area contributed by atoms with Gasteiger partial charge in [0, 0.05) is 18.5 Å². The van der Waals surface area contributed by atoms with Gasteiger partial charge in [-0.15, -0.1) is 0 Å². The highest BCUT2D eigenvalue weighted by molar-refractivity contribution is 7.92. The Morgan fingerprint density at radius 3 is 2.88 bits per heavy atom. The third-order valence-corrected chi connectivity index (χ3v) is 3.89. The molecule has 0 fully saturated rings. The number of hydrogen-bond acceptors (Lipinski definition) is 3. The van der Waals surface area contributed by atoms with Crippen LogP contribution in [0.3, 0.4) is 0 Å². The minimum Gasteiger partial charge on any atom is -0.207 e. The average Bonchev–Trinajstić information content (AvgIpc) is 2.59. The zero-order valence-corrected chi connectivity index (χ0v) is 9.31. The smallest absolute Gasteiger partial charge is 0.207 e. The molecule has 82 valence electrons. The van der Waals surface area contributed by atoms with Gasteiger partial charge in [0.2, 0.25) is 10.0 Å². The predicted molar refractivity (Wildman–Crippen MR) is 59.6 cm³/mol. The highest BCUT2D eigenvalue weighted by Gasteiger charge is 2.22. The van der Waals surface area contributed by atoms with Gasteiger partial charge in [-0.05, 0) is 17.7 Å². The van der Waals surface area contributed by atoms with E-state index in [1.54, 1.807) is 24.3 Å². The first kappa shape index (κ1) is 10.9. The molecule has 0 N–H and O–H groups in total. The van der Waals surface area contributed by atoms with Gasteiger partial charge in [0.05, 0.1) is 11.6 Å². The molecule has 2 rings (SSSR count). The summed E-state index contributed by atoms with van der Waals surface area (Å²) in [6.45, 7) is 0.712. The fraction of sp³-hybridized carbons (Fsp3) is 0.182. The van der Waals surface area contributed by atoms with E-state index in [9.17, 15) is 8.42 Å². The molecule has 0 aliphatic carbocycles. The monoisotopic (exact) mass is 234 g/mol. The summed E-state index contributed by atoms with van der Waals surface area (Å²) in [5.74, 6) is 0. The Hall–Kier alpha value is -1.64. The van der Waals surface area contributed by atoms with Crippen LogP contribution in [0.25, 0.3) is 0 Å². The van der Waals surface area contributed by atoms with E-state index in [1.807, 2.05) is 12.1 Å². The van der Waals surface area contributed by atoms with Gasteiger partial charge < -0.3 is 0 Å². The first-order valence-corrected chi connectivity index (χ1v) is 6.28. The fourth-order valence-corrected chi connectivity index (χ4v) is 2.69. The van der Waals surface area contributed by atoms with Crippen LogP contribution >= 0.6 is 0 Å². The van der Waals surface area contributed by atoms with E-state index in [2.05, 4.69) is 0 Å². The van der Waals surface area contributed by atoms with Gasteiger partial charge in [-0.3, -0.25) is 0 Å². The van der Waals surface area contributed by atoms with E-state index >= 15 is 0 Å². The van der Waals surface area contributed by atoms with Crippen molar-refractivity contribution in [2.75, 3.05) is 6.54 Å². The number of nitrogens with zero attached hydrogens (tertiary/aromatic N) is 2. The highest BCUT2D eigenvalue weighted by Crippen LogP contribution is 2.16. The molecule has 16 heavy (non-hydrogen) atoms. The number of benzene rings is 1. The van der Waals surface area contributed by atoms with Crippen LogP contribution in [-0.2, 0) is 16.6 Å². The third kappa shape index (κ3) is 2.13. The normalized spacial score (nSPS) is 18.4. The van der Waals surface area contributed by atoms with Crippen LogP contribution in [0.1, 0.15) is 11.1 Å². The maximum atomic E-state index is 11.5. The molecule has 0 radical (unpaired) electrons. The minimum atomic E-state index is -3.23. The van der Waals surface area contributed by atoms with Crippen LogP contribution in [0.2, 0.25) is 0 Å². The Morgan fingerprint density at radius 2 is 2.25 bits per heavy atom. The molecule has 0 saturated carbocycles. The van der Waals surface area contributed by atoms with E-state index in [1.165, 1.54) is 9.71 Å². The van der Waals surface area contributed by atoms with Gasteiger partial charge in [0.1, 0.15) is 0 Å². The molecule has 0 atom stereocenters.